The second-order valence-corrected chi connectivity index (χ2v) is 7.83. The first kappa shape index (κ1) is 18.1. The molecule has 0 aromatic carbocycles. The van der Waals surface area contributed by atoms with Gasteiger partial charge in [0.25, 0.3) is 5.56 Å². The minimum Gasteiger partial charge on any atom is -0.385 e. The molecule has 0 bridgehead atoms. The largest absolute Gasteiger partial charge is 0.385 e. The Bertz CT molecular complexity index is 901. The van der Waals surface area contributed by atoms with Crippen molar-refractivity contribution in [2.24, 2.45) is 5.92 Å². The summed E-state index contributed by atoms with van der Waals surface area (Å²) >= 11 is 0. The summed E-state index contributed by atoms with van der Waals surface area (Å²) in [6, 6.07) is 1.51. The Morgan fingerprint density at radius 2 is 2.24 bits per heavy atom. The van der Waals surface area contributed by atoms with E-state index in [0.717, 1.165) is 0 Å². The van der Waals surface area contributed by atoms with Gasteiger partial charge < -0.3 is 34.7 Å². The molecule has 1 aliphatic rings. The van der Waals surface area contributed by atoms with Gasteiger partial charge in [0.2, 0.25) is 5.95 Å². The number of nitrogens with zero attached hydrogens (tertiary/aromatic N) is 2. The molecule has 4 atom stereocenters. The summed E-state index contributed by atoms with van der Waals surface area (Å²) in [5.74, 6) is -0.696. The van der Waals surface area contributed by atoms with Crippen LogP contribution < -0.4 is 11.3 Å². The standard InChI is InChI=1S/C13H19N4O7P/c1-6-10(23-5-25(20,21)22)24-11(13(6,2)19)17-4-3-7-8(17)15-12(14)16-9(7)18/h3-4,6,10-11,19H,5H2,1-2H3,(H2,20,21,22)(H3,14,15,16,18)/t6?,10-,11+,13-/m0/s1. The van der Waals surface area contributed by atoms with Gasteiger partial charge in [0.15, 0.2) is 24.5 Å². The zero-order chi connectivity index (χ0) is 18.6. The molecule has 6 N–H and O–H groups in total. The summed E-state index contributed by atoms with van der Waals surface area (Å²) in [5, 5.41) is 11.1. The average Bonchev–Trinajstić information content (AvgIpc) is 2.97. The van der Waals surface area contributed by atoms with Crippen LogP contribution in [0, 0.1) is 5.92 Å². The van der Waals surface area contributed by atoms with Crippen LogP contribution in [-0.4, -0.2) is 47.7 Å². The Morgan fingerprint density at radius 1 is 1.56 bits per heavy atom. The Labute approximate surface area is 141 Å². The molecule has 1 unspecified atom stereocenters. The molecule has 0 radical (unpaired) electrons. The fraction of sp³-hybridized carbons (Fsp3) is 0.538. The number of anilines is 1. The molecule has 2 aromatic heterocycles. The van der Waals surface area contributed by atoms with Gasteiger partial charge in [-0.25, -0.2) is 0 Å². The maximum absolute atomic E-state index is 11.9. The summed E-state index contributed by atoms with van der Waals surface area (Å²) in [6.07, 6.45) is -1.36. The van der Waals surface area contributed by atoms with Crippen molar-refractivity contribution in [2.75, 3.05) is 12.1 Å². The van der Waals surface area contributed by atoms with Gasteiger partial charge in [-0.15, -0.1) is 0 Å². The van der Waals surface area contributed by atoms with Crippen LogP contribution in [0.5, 0.6) is 0 Å². The quantitative estimate of drug-likeness (QED) is 0.450. The van der Waals surface area contributed by atoms with Crippen LogP contribution in [-0.2, 0) is 14.0 Å². The van der Waals surface area contributed by atoms with E-state index in [9.17, 15) is 14.5 Å². The first-order chi connectivity index (χ1) is 11.5. The molecule has 0 aliphatic carbocycles. The Balaban J connectivity index is 1.97. The van der Waals surface area contributed by atoms with Gasteiger partial charge in [0.05, 0.1) is 5.39 Å². The maximum Gasteiger partial charge on any atom is 0.351 e. The Kier molecular flexibility index (Phi) is 4.26. The number of rotatable bonds is 4. The molecule has 11 nitrogen and oxygen atoms in total. The highest BCUT2D eigenvalue weighted by Gasteiger charge is 2.52. The van der Waals surface area contributed by atoms with E-state index < -0.39 is 43.5 Å². The minimum atomic E-state index is -4.38. The third-order valence-electron chi connectivity index (χ3n) is 4.35. The summed E-state index contributed by atoms with van der Waals surface area (Å²) in [6.45, 7) is 3.14. The number of aromatic nitrogens is 3. The van der Waals surface area contributed by atoms with Gasteiger partial charge in [0.1, 0.15) is 5.60 Å². The van der Waals surface area contributed by atoms with Crippen molar-refractivity contribution in [3.63, 3.8) is 0 Å². The Hall–Kier alpha value is -1.75. The minimum absolute atomic E-state index is 0.0857. The van der Waals surface area contributed by atoms with Crippen LogP contribution in [0.1, 0.15) is 20.1 Å². The van der Waals surface area contributed by atoms with Gasteiger partial charge in [-0.05, 0) is 13.0 Å². The second-order valence-electron chi connectivity index (χ2n) is 6.24. The van der Waals surface area contributed by atoms with E-state index in [2.05, 4.69) is 9.97 Å². The topological polar surface area (TPSA) is 173 Å². The lowest BCUT2D eigenvalue weighted by Crippen LogP contribution is -2.38. The van der Waals surface area contributed by atoms with E-state index in [1.165, 1.54) is 23.8 Å². The lowest BCUT2D eigenvalue weighted by Gasteiger charge is -2.28. The molecule has 1 fully saturated rings. The van der Waals surface area contributed by atoms with E-state index in [1.807, 2.05) is 0 Å². The number of H-pyrrole nitrogens is 1. The zero-order valence-electron chi connectivity index (χ0n) is 13.5. The molecule has 0 saturated carbocycles. The molecule has 0 spiro atoms. The van der Waals surface area contributed by atoms with Gasteiger partial charge in [0, 0.05) is 12.1 Å². The molecular weight excluding hydrogens is 355 g/mol. The van der Waals surface area contributed by atoms with Crippen LogP contribution in [0.25, 0.3) is 11.0 Å². The lowest BCUT2D eigenvalue weighted by molar-refractivity contribution is -0.157. The number of ether oxygens (including phenoxy) is 2. The highest BCUT2D eigenvalue weighted by atomic mass is 31.2. The summed E-state index contributed by atoms with van der Waals surface area (Å²) < 4.78 is 23.2. The number of fused-ring (bicyclic) bond motifs is 1. The predicted molar refractivity (Wildman–Crippen MR) is 86.5 cm³/mol. The van der Waals surface area contributed by atoms with Gasteiger partial charge in [-0.1, -0.05) is 6.92 Å². The van der Waals surface area contributed by atoms with E-state index in [-0.39, 0.29) is 17.0 Å². The molecule has 138 valence electrons. The number of hydrogen-bond donors (Lipinski definition) is 5. The van der Waals surface area contributed by atoms with Crippen LogP contribution in [0.3, 0.4) is 0 Å². The summed E-state index contributed by atoms with van der Waals surface area (Å²) in [5.41, 5.74) is 3.91. The highest BCUT2D eigenvalue weighted by Crippen LogP contribution is 2.45. The van der Waals surface area contributed by atoms with Crippen LogP contribution >= 0.6 is 7.60 Å². The number of aromatic amines is 1. The first-order valence-electron chi connectivity index (χ1n) is 7.41. The monoisotopic (exact) mass is 374 g/mol. The van der Waals surface area contributed by atoms with Gasteiger partial charge in [-0.2, -0.15) is 4.98 Å². The van der Waals surface area contributed by atoms with E-state index in [0.29, 0.717) is 0 Å². The van der Waals surface area contributed by atoms with E-state index >= 15 is 0 Å². The highest BCUT2D eigenvalue weighted by molar-refractivity contribution is 7.51. The number of nitrogens with two attached hydrogens (primary N) is 1. The predicted octanol–water partition coefficient (Wildman–Crippen LogP) is -0.299. The molecular formula is C13H19N4O7P. The third kappa shape index (κ3) is 3.22. The molecule has 1 aliphatic heterocycles. The number of hydrogen-bond acceptors (Lipinski definition) is 7. The summed E-state index contributed by atoms with van der Waals surface area (Å²) in [4.78, 5) is 36.3. The average molecular weight is 374 g/mol. The van der Waals surface area contributed by atoms with E-state index in [1.54, 1.807) is 6.92 Å². The van der Waals surface area contributed by atoms with Gasteiger partial charge >= 0.3 is 7.60 Å². The SMILES string of the molecule is CC1[C@@H](OCP(=O)(O)O)O[C@@H](n2ccc3c(=O)[nH]c(N)nc32)[C@@]1(C)O. The van der Waals surface area contributed by atoms with Crippen molar-refractivity contribution in [1.29, 1.82) is 0 Å². The smallest absolute Gasteiger partial charge is 0.351 e. The van der Waals surface area contributed by atoms with Crippen molar-refractivity contribution in [2.45, 2.75) is 32.0 Å². The molecule has 1 saturated heterocycles. The van der Waals surface area contributed by atoms with Crippen molar-refractivity contribution in [3.8, 4) is 0 Å². The van der Waals surface area contributed by atoms with Crippen LogP contribution in [0.15, 0.2) is 17.1 Å². The first-order valence-corrected chi connectivity index (χ1v) is 9.21. The third-order valence-corrected chi connectivity index (χ3v) is 4.84. The van der Waals surface area contributed by atoms with Gasteiger partial charge in [-0.3, -0.25) is 14.3 Å². The summed E-state index contributed by atoms with van der Waals surface area (Å²) in [7, 11) is -4.38. The normalized spacial score (nSPS) is 30.2. The second kappa shape index (κ2) is 5.90. The molecule has 12 heteroatoms. The molecule has 2 aromatic rings. The van der Waals surface area contributed by atoms with Crippen LogP contribution in [0.4, 0.5) is 5.95 Å². The Morgan fingerprint density at radius 3 is 2.88 bits per heavy atom. The number of aliphatic hydroxyl groups is 1. The zero-order valence-corrected chi connectivity index (χ0v) is 14.4. The van der Waals surface area contributed by atoms with Crippen molar-refractivity contribution >= 4 is 24.6 Å². The maximum atomic E-state index is 11.9. The fourth-order valence-corrected chi connectivity index (χ4v) is 3.17. The number of nitrogen functional groups attached to an aromatic ring is 1. The molecule has 3 heterocycles. The molecule has 0 amide bonds. The van der Waals surface area contributed by atoms with Crippen molar-refractivity contribution in [1.82, 2.24) is 14.5 Å². The fourth-order valence-electron chi connectivity index (χ4n) is 2.83. The lowest BCUT2D eigenvalue weighted by atomic mass is 9.91. The molecule has 25 heavy (non-hydrogen) atoms. The van der Waals surface area contributed by atoms with Crippen molar-refractivity contribution in [3.05, 3.63) is 22.6 Å². The molecule has 3 rings (SSSR count). The van der Waals surface area contributed by atoms with Crippen LogP contribution in [0.2, 0.25) is 0 Å². The number of nitrogens with one attached hydrogen (secondary N) is 1. The van der Waals surface area contributed by atoms with Crippen molar-refractivity contribution < 1.29 is 28.9 Å². The van der Waals surface area contributed by atoms with E-state index in [4.69, 9.17) is 25.0 Å².